The molecule has 10 heteroatoms. The molecule has 0 bridgehead atoms. The van der Waals surface area contributed by atoms with Gasteiger partial charge in [0.05, 0.1) is 5.75 Å². The minimum atomic E-state index is -3.62. The summed E-state index contributed by atoms with van der Waals surface area (Å²) >= 11 is 0.760. The molecular formula is C20H21N5O3S2. The summed E-state index contributed by atoms with van der Waals surface area (Å²) in [5, 5.41) is 12.6. The number of H-pyrrole nitrogens is 1. The molecule has 3 rings (SSSR count). The molecule has 156 valence electrons. The van der Waals surface area contributed by atoms with Crippen molar-refractivity contribution in [2.45, 2.75) is 32.9 Å². The van der Waals surface area contributed by atoms with Gasteiger partial charge in [0.1, 0.15) is 11.6 Å². The standard InChI is InChI=1S/C20H21N5O3S2/c1-11(2)10-30(27,28)20-24-19(29-25-20)23-18(26)14(9-21)8-15-13(4)22-17-6-5-12(3)7-16(15)17/h5-8,11,22H,10H2,1-4H3,(H,23,24,25,26)/b14-8-. The molecule has 0 unspecified atom stereocenters. The number of aryl methyl sites for hydroxylation is 2. The van der Waals surface area contributed by atoms with E-state index in [1.165, 1.54) is 6.08 Å². The maximum absolute atomic E-state index is 12.6. The minimum absolute atomic E-state index is 0.0231. The topological polar surface area (TPSA) is 129 Å². The molecular weight excluding hydrogens is 422 g/mol. The molecule has 0 spiro atoms. The van der Waals surface area contributed by atoms with E-state index in [2.05, 4.69) is 19.7 Å². The van der Waals surface area contributed by atoms with Crippen molar-refractivity contribution in [1.29, 1.82) is 5.26 Å². The molecule has 0 aliphatic rings. The number of benzene rings is 1. The predicted molar refractivity (Wildman–Crippen MR) is 117 cm³/mol. The monoisotopic (exact) mass is 443 g/mol. The van der Waals surface area contributed by atoms with Crippen LogP contribution in [0.15, 0.2) is 28.9 Å². The molecule has 0 atom stereocenters. The van der Waals surface area contributed by atoms with E-state index in [0.29, 0.717) is 0 Å². The Morgan fingerprint density at radius 1 is 1.37 bits per heavy atom. The highest BCUT2D eigenvalue weighted by Gasteiger charge is 2.23. The Bertz CT molecular complexity index is 1290. The molecule has 30 heavy (non-hydrogen) atoms. The third-order valence-corrected chi connectivity index (χ3v) is 6.89. The number of nitriles is 1. The number of carbonyl (C=O) groups excluding carboxylic acids is 1. The van der Waals surface area contributed by atoms with Crippen LogP contribution in [-0.4, -0.2) is 34.4 Å². The number of amides is 1. The SMILES string of the molecule is Cc1ccc2[nH]c(C)c(/C=C(/C#N)C(=O)Nc3nc(S(=O)(=O)CC(C)C)ns3)c2c1. The smallest absolute Gasteiger partial charge is 0.268 e. The van der Waals surface area contributed by atoms with Crippen molar-refractivity contribution in [1.82, 2.24) is 14.3 Å². The van der Waals surface area contributed by atoms with Gasteiger partial charge in [0, 0.05) is 33.7 Å². The van der Waals surface area contributed by atoms with Crippen molar-refractivity contribution < 1.29 is 13.2 Å². The number of hydrogen-bond acceptors (Lipinski definition) is 7. The molecule has 0 fully saturated rings. The number of anilines is 1. The van der Waals surface area contributed by atoms with Crippen molar-refractivity contribution >= 4 is 49.4 Å². The van der Waals surface area contributed by atoms with Crippen LogP contribution in [0, 0.1) is 31.1 Å². The Hall–Kier alpha value is -3.03. The first-order chi connectivity index (χ1) is 14.1. The van der Waals surface area contributed by atoms with Gasteiger partial charge in [-0.1, -0.05) is 25.5 Å². The Labute approximate surface area is 178 Å². The third kappa shape index (κ3) is 4.58. The van der Waals surface area contributed by atoms with E-state index < -0.39 is 15.7 Å². The molecule has 1 aromatic carbocycles. The first-order valence-corrected chi connectivity index (χ1v) is 11.6. The van der Waals surface area contributed by atoms with E-state index in [0.717, 1.165) is 39.3 Å². The van der Waals surface area contributed by atoms with Gasteiger partial charge >= 0.3 is 0 Å². The summed E-state index contributed by atoms with van der Waals surface area (Å²) in [5.74, 6) is -0.838. The molecule has 0 saturated carbocycles. The average Bonchev–Trinajstić information content (AvgIpc) is 3.23. The van der Waals surface area contributed by atoms with Crippen LogP contribution in [0.5, 0.6) is 0 Å². The number of sulfone groups is 1. The van der Waals surface area contributed by atoms with Gasteiger partial charge in [0.2, 0.25) is 15.0 Å². The van der Waals surface area contributed by atoms with Crippen LogP contribution >= 0.6 is 11.5 Å². The van der Waals surface area contributed by atoms with E-state index in [4.69, 9.17) is 0 Å². The zero-order valence-corrected chi connectivity index (χ0v) is 18.6. The van der Waals surface area contributed by atoms with Gasteiger partial charge in [-0.2, -0.15) is 14.6 Å². The van der Waals surface area contributed by atoms with Crippen LogP contribution in [0.3, 0.4) is 0 Å². The van der Waals surface area contributed by atoms with Crippen LogP contribution < -0.4 is 5.32 Å². The Morgan fingerprint density at radius 3 is 2.77 bits per heavy atom. The number of nitrogens with zero attached hydrogens (tertiary/aromatic N) is 3. The lowest BCUT2D eigenvalue weighted by Crippen LogP contribution is -2.15. The Morgan fingerprint density at radius 2 is 2.10 bits per heavy atom. The quantitative estimate of drug-likeness (QED) is 0.442. The van der Waals surface area contributed by atoms with Gasteiger partial charge in [-0.3, -0.25) is 10.1 Å². The predicted octanol–water partition coefficient (Wildman–Crippen LogP) is 3.61. The molecule has 0 radical (unpaired) electrons. The van der Waals surface area contributed by atoms with Crippen molar-refractivity contribution in [3.05, 3.63) is 40.6 Å². The molecule has 3 aromatic rings. The molecule has 2 N–H and O–H groups in total. The lowest BCUT2D eigenvalue weighted by Gasteiger charge is -2.02. The van der Waals surface area contributed by atoms with Crippen LogP contribution in [0.2, 0.25) is 0 Å². The number of aromatic amines is 1. The zero-order valence-electron chi connectivity index (χ0n) is 17.0. The average molecular weight is 444 g/mol. The number of nitrogens with one attached hydrogen (secondary N) is 2. The second kappa shape index (κ2) is 8.38. The van der Waals surface area contributed by atoms with Crippen molar-refractivity contribution in [2.75, 3.05) is 11.1 Å². The summed E-state index contributed by atoms with van der Waals surface area (Å²) in [6, 6.07) is 7.81. The summed E-state index contributed by atoms with van der Waals surface area (Å²) < 4.78 is 28.3. The normalized spacial score (nSPS) is 12.3. The molecule has 2 heterocycles. The van der Waals surface area contributed by atoms with Crippen LogP contribution in [0.1, 0.15) is 30.7 Å². The van der Waals surface area contributed by atoms with Gasteiger partial charge in [0.25, 0.3) is 11.1 Å². The number of rotatable bonds is 6. The second-order valence-corrected chi connectivity index (χ2v) is 10.1. The van der Waals surface area contributed by atoms with E-state index in [9.17, 15) is 18.5 Å². The minimum Gasteiger partial charge on any atom is -0.358 e. The van der Waals surface area contributed by atoms with Gasteiger partial charge in [-0.25, -0.2) is 8.42 Å². The summed E-state index contributed by atoms with van der Waals surface area (Å²) in [7, 11) is -3.62. The fraction of sp³-hybridized carbons (Fsp3) is 0.300. The van der Waals surface area contributed by atoms with Crippen molar-refractivity contribution in [3.63, 3.8) is 0 Å². The highest BCUT2D eigenvalue weighted by molar-refractivity contribution is 7.91. The van der Waals surface area contributed by atoms with Crippen LogP contribution in [0.4, 0.5) is 5.13 Å². The number of aromatic nitrogens is 3. The number of hydrogen-bond donors (Lipinski definition) is 2. The summed E-state index contributed by atoms with van der Waals surface area (Å²) in [5.41, 5.74) is 3.42. The van der Waals surface area contributed by atoms with Gasteiger partial charge in [-0.05, 0) is 38.0 Å². The van der Waals surface area contributed by atoms with Crippen LogP contribution in [-0.2, 0) is 14.6 Å². The molecule has 1 amide bonds. The van der Waals surface area contributed by atoms with Gasteiger partial charge in [0.15, 0.2) is 0 Å². The van der Waals surface area contributed by atoms with Crippen molar-refractivity contribution in [3.8, 4) is 6.07 Å². The molecule has 0 saturated heterocycles. The number of fused-ring (bicyclic) bond motifs is 1. The van der Waals surface area contributed by atoms with Crippen molar-refractivity contribution in [2.24, 2.45) is 5.92 Å². The molecule has 8 nitrogen and oxygen atoms in total. The summed E-state index contributed by atoms with van der Waals surface area (Å²) in [6.07, 6.45) is 1.51. The Balaban J connectivity index is 1.88. The largest absolute Gasteiger partial charge is 0.358 e. The second-order valence-electron chi connectivity index (χ2n) is 7.39. The highest BCUT2D eigenvalue weighted by Crippen LogP contribution is 2.26. The number of carbonyl (C=O) groups is 1. The van der Waals surface area contributed by atoms with Gasteiger partial charge in [-0.15, -0.1) is 0 Å². The Kier molecular flexibility index (Phi) is 6.05. The summed E-state index contributed by atoms with van der Waals surface area (Å²) in [6.45, 7) is 7.40. The molecule has 2 aromatic heterocycles. The summed E-state index contributed by atoms with van der Waals surface area (Å²) in [4.78, 5) is 19.7. The van der Waals surface area contributed by atoms with Gasteiger partial charge < -0.3 is 4.98 Å². The maximum atomic E-state index is 12.6. The highest BCUT2D eigenvalue weighted by atomic mass is 32.2. The van der Waals surface area contributed by atoms with Crippen LogP contribution in [0.25, 0.3) is 17.0 Å². The molecule has 0 aliphatic carbocycles. The first kappa shape index (κ1) is 21.7. The first-order valence-electron chi connectivity index (χ1n) is 9.19. The fourth-order valence-electron chi connectivity index (χ4n) is 3.01. The lowest BCUT2D eigenvalue weighted by molar-refractivity contribution is -0.112. The van der Waals surface area contributed by atoms with E-state index >= 15 is 0 Å². The zero-order chi connectivity index (χ0) is 22.1. The van der Waals surface area contributed by atoms with E-state index in [1.54, 1.807) is 13.8 Å². The molecule has 0 aliphatic heterocycles. The lowest BCUT2D eigenvalue weighted by atomic mass is 10.1. The van der Waals surface area contributed by atoms with E-state index in [1.807, 2.05) is 38.1 Å². The fourth-order valence-corrected chi connectivity index (χ4v) is 5.36. The van der Waals surface area contributed by atoms with E-state index in [-0.39, 0.29) is 27.5 Å². The third-order valence-electron chi connectivity index (χ3n) is 4.30. The maximum Gasteiger partial charge on any atom is 0.268 e.